The van der Waals surface area contributed by atoms with E-state index in [1.165, 1.54) is 25.7 Å². The van der Waals surface area contributed by atoms with E-state index in [1.807, 2.05) is 0 Å². The van der Waals surface area contributed by atoms with E-state index in [4.69, 9.17) is 4.74 Å². The van der Waals surface area contributed by atoms with Crippen LogP contribution in [-0.2, 0) is 4.74 Å². The third-order valence-corrected chi connectivity index (χ3v) is 3.82. The standard InChI is InChI=1S/C15H31NO2/c1-12(2)16-15(4,11-17)9-13(3)18-10-14-7-5-6-8-14/h12-14,16-17H,5-11H2,1-4H3. The van der Waals surface area contributed by atoms with Crippen LogP contribution in [0, 0.1) is 5.92 Å². The highest BCUT2D eigenvalue weighted by Gasteiger charge is 2.27. The molecule has 0 aromatic carbocycles. The molecule has 1 aliphatic carbocycles. The highest BCUT2D eigenvalue weighted by molar-refractivity contribution is 4.86. The Labute approximate surface area is 112 Å². The van der Waals surface area contributed by atoms with Gasteiger partial charge in [-0.15, -0.1) is 0 Å². The molecular weight excluding hydrogens is 226 g/mol. The molecule has 0 heterocycles. The zero-order valence-electron chi connectivity index (χ0n) is 12.5. The highest BCUT2D eigenvalue weighted by atomic mass is 16.5. The summed E-state index contributed by atoms with van der Waals surface area (Å²) in [6.07, 6.45) is 6.45. The van der Waals surface area contributed by atoms with Gasteiger partial charge in [-0.3, -0.25) is 0 Å². The topological polar surface area (TPSA) is 41.5 Å². The minimum atomic E-state index is -0.233. The van der Waals surface area contributed by atoms with Crippen molar-refractivity contribution in [1.82, 2.24) is 5.32 Å². The van der Waals surface area contributed by atoms with E-state index in [0.717, 1.165) is 18.9 Å². The summed E-state index contributed by atoms with van der Waals surface area (Å²) in [5.74, 6) is 0.769. The number of nitrogens with one attached hydrogen (secondary N) is 1. The van der Waals surface area contributed by atoms with E-state index in [-0.39, 0.29) is 18.2 Å². The largest absolute Gasteiger partial charge is 0.394 e. The van der Waals surface area contributed by atoms with Gasteiger partial charge in [-0.2, -0.15) is 0 Å². The van der Waals surface area contributed by atoms with Crippen LogP contribution >= 0.6 is 0 Å². The van der Waals surface area contributed by atoms with Crippen molar-refractivity contribution >= 4 is 0 Å². The molecule has 0 spiro atoms. The normalized spacial score (nSPS) is 22.3. The molecule has 3 heteroatoms. The third kappa shape index (κ3) is 5.68. The summed E-state index contributed by atoms with van der Waals surface area (Å²) in [7, 11) is 0. The average molecular weight is 257 g/mol. The number of hydrogen-bond acceptors (Lipinski definition) is 3. The molecule has 0 aromatic rings. The minimum absolute atomic E-state index is 0.155. The van der Waals surface area contributed by atoms with Crippen LogP contribution in [0.15, 0.2) is 0 Å². The van der Waals surface area contributed by atoms with Crippen molar-refractivity contribution in [2.45, 2.75) is 77.5 Å². The van der Waals surface area contributed by atoms with Gasteiger partial charge in [-0.25, -0.2) is 0 Å². The van der Waals surface area contributed by atoms with Crippen molar-refractivity contribution in [2.24, 2.45) is 5.92 Å². The Kier molecular flexibility index (Phi) is 6.61. The van der Waals surface area contributed by atoms with Crippen molar-refractivity contribution in [2.75, 3.05) is 13.2 Å². The van der Waals surface area contributed by atoms with Crippen LogP contribution in [0.25, 0.3) is 0 Å². The first-order valence-corrected chi connectivity index (χ1v) is 7.45. The molecule has 2 unspecified atom stereocenters. The second kappa shape index (κ2) is 7.46. The molecule has 0 radical (unpaired) electrons. The molecule has 1 rings (SSSR count). The van der Waals surface area contributed by atoms with E-state index in [2.05, 4.69) is 33.0 Å². The molecule has 0 aliphatic heterocycles. The summed E-state index contributed by atoms with van der Waals surface area (Å²) < 4.78 is 5.95. The molecule has 2 atom stereocenters. The van der Waals surface area contributed by atoms with Crippen LogP contribution in [0.3, 0.4) is 0 Å². The Morgan fingerprint density at radius 3 is 2.39 bits per heavy atom. The van der Waals surface area contributed by atoms with Crippen LogP contribution in [0.4, 0.5) is 0 Å². The Morgan fingerprint density at radius 2 is 1.89 bits per heavy atom. The lowest BCUT2D eigenvalue weighted by Gasteiger charge is -2.33. The summed E-state index contributed by atoms with van der Waals surface area (Å²) >= 11 is 0. The van der Waals surface area contributed by atoms with Crippen molar-refractivity contribution in [3.8, 4) is 0 Å². The maximum Gasteiger partial charge on any atom is 0.0611 e. The van der Waals surface area contributed by atoms with Gasteiger partial charge in [-0.1, -0.05) is 26.7 Å². The monoisotopic (exact) mass is 257 g/mol. The Hall–Kier alpha value is -0.120. The predicted molar refractivity (Wildman–Crippen MR) is 75.8 cm³/mol. The zero-order valence-corrected chi connectivity index (χ0v) is 12.5. The molecule has 0 saturated heterocycles. The summed E-state index contributed by atoms with van der Waals surface area (Å²) in [5.41, 5.74) is -0.233. The number of aliphatic hydroxyl groups is 1. The van der Waals surface area contributed by atoms with Gasteiger partial charge in [0.2, 0.25) is 0 Å². The first-order chi connectivity index (χ1) is 8.45. The molecule has 1 fully saturated rings. The van der Waals surface area contributed by atoms with E-state index in [9.17, 15) is 5.11 Å². The minimum Gasteiger partial charge on any atom is -0.394 e. The molecule has 0 amide bonds. The maximum absolute atomic E-state index is 9.54. The summed E-state index contributed by atoms with van der Waals surface area (Å²) in [6, 6.07) is 0.379. The molecule has 3 nitrogen and oxygen atoms in total. The first-order valence-electron chi connectivity index (χ1n) is 7.45. The molecular formula is C15H31NO2. The van der Waals surface area contributed by atoms with Gasteiger partial charge in [0.25, 0.3) is 0 Å². The molecule has 108 valence electrons. The number of hydrogen-bond donors (Lipinski definition) is 2. The number of ether oxygens (including phenoxy) is 1. The third-order valence-electron chi connectivity index (χ3n) is 3.82. The number of rotatable bonds is 8. The van der Waals surface area contributed by atoms with Crippen LogP contribution < -0.4 is 5.32 Å². The predicted octanol–water partition coefficient (Wildman–Crippen LogP) is 2.72. The van der Waals surface area contributed by atoms with E-state index in [1.54, 1.807) is 0 Å². The molecule has 0 bridgehead atoms. The van der Waals surface area contributed by atoms with Crippen molar-refractivity contribution < 1.29 is 9.84 Å². The summed E-state index contributed by atoms with van der Waals surface area (Å²) in [6.45, 7) is 9.45. The van der Waals surface area contributed by atoms with Gasteiger partial charge < -0.3 is 15.2 Å². The Balaban J connectivity index is 2.29. The van der Waals surface area contributed by atoms with Gasteiger partial charge in [0.15, 0.2) is 0 Å². The lowest BCUT2D eigenvalue weighted by molar-refractivity contribution is 0.00957. The van der Waals surface area contributed by atoms with Crippen LogP contribution in [0.5, 0.6) is 0 Å². The molecule has 0 aromatic heterocycles. The Bertz CT molecular complexity index is 227. The van der Waals surface area contributed by atoms with Crippen molar-refractivity contribution in [1.29, 1.82) is 0 Å². The smallest absolute Gasteiger partial charge is 0.0611 e. The second-order valence-electron chi connectivity index (χ2n) is 6.52. The quantitative estimate of drug-likeness (QED) is 0.702. The molecule has 1 saturated carbocycles. The van der Waals surface area contributed by atoms with E-state index < -0.39 is 0 Å². The average Bonchev–Trinajstić information content (AvgIpc) is 2.78. The summed E-state index contributed by atoms with van der Waals surface area (Å²) in [5, 5.41) is 13.0. The van der Waals surface area contributed by atoms with Gasteiger partial charge in [0.05, 0.1) is 12.7 Å². The van der Waals surface area contributed by atoms with E-state index >= 15 is 0 Å². The van der Waals surface area contributed by atoms with Crippen LogP contribution in [0.1, 0.15) is 59.8 Å². The van der Waals surface area contributed by atoms with Crippen molar-refractivity contribution in [3.63, 3.8) is 0 Å². The van der Waals surface area contributed by atoms with Crippen LogP contribution in [0.2, 0.25) is 0 Å². The van der Waals surface area contributed by atoms with Crippen molar-refractivity contribution in [3.05, 3.63) is 0 Å². The van der Waals surface area contributed by atoms with E-state index in [0.29, 0.717) is 6.04 Å². The maximum atomic E-state index is 9.54. The highest BCUT2D eigenvalue weighted by Crippen LogP contribution is 2.25. The SMILES string of the molecule is CC(C)NC(C)(CO)CC(C)OCC1CCCC1. The lowest BCUT2D eigenvalue weighted by atomic mass is 9.94. The summed E-state index contributed by atoms with van der Waals surface area (Å²) in [4.78, 5) is 0. The molecule has 2 N–H and O–H groups in total. The molecule has 1 aliphatic rings. The van der Waals surface area contributed by atoms with Gasteiger partial charge in [-0.05, 0) is 39.0 Å². The second-order valence-corrected chi connectivity index (χ2v) is 6.52. The first kappa shape index (κ1) is 15.9. The zero-order chi connectivity index (χ0) is 13.6. The van der Waals surface area contributed by atoms with Gasteiger partial charge in [0.1, 0.15) is 0 Å². The van der Waals surface area contributed by atoms with Crippen LogP contribution in [-0.4, -0.2) is 36.0 Å². The fourth-order valence-corrected chi connectivity index (χ4v) is 3.04. The van der Waals surface area contributed by atoms with Gasteiger partial charge in [0, 0.05) is 18.2 Å². The fraction of sp³-hybridized carbons (Fsp3) is 1.00. The number of aliphatic hydroxyl groups excluding tert-OH is 1. The fourth-order valence-electron chi connectivity index (χ4n) is 3.04. The lowest BCUT2D eigenvalue weighted by Crippen LogP contribution is -2.51. The van der Waals surface area contributed by atoms with Gasteiger partial charge >= 0.3 is 0 Å². The Morgan fingerprint density at radius 1 is 1.28 bits per heavy atom. The molecule has 18 heavy (non-hydrogen) atoms.